The molecule has 4 aliphatic rings. The van der Waals surface area contributed by atoms with E-state index in [2.05, 4.69) is 58.0 Å². The molecule has 0 aromatic heterocycles. The van der Waals surface area contributed by atoms with Gasteiger partial charge < -0.3 is 15.7 Å². The Balaban J connectivity index is 1.32. The average Bonchev–Trinajstić information content (AvgIpc) is 3.15. The van der Waals surface area contributed by atoms with Crippen molar-refractivity contribution in [3.63, 3.8) is 0 Å². The van der Waals surface area contributed by atoms with Gasteiger partial charge in [0.25, 0.3) is 0 Å². The van der Waals surface area contributed by atoms with Crippen LogP contribution in [0.15, 0.2) is 84.9 Å². The Morgan fingerprint density at radius 2 is 1.63 bits per heavy atom. The fourth-order valence-corrected chi connectivity index (χ4v) is 7.01. The van der Waals surface area contributed by atoms with Crippen molar-refractivity contribution >= 4 is 5.91 Å². The van der Waals surface area contributed by atoms with Crippen LogP contribution >= 0.6 is 0 Å². The summed E-state index contributed by atoms with van der Waals surface area (Å²) < 4.78 is 0. The van der Waals surface area contributed by atoms with Gasteiger partial charge in [0.05, 0.1) is 0 Å². The summed E-state index contributed by atoms with van der Waals surface area (Å²) in [4.78, 5) is 16.6. The highest BCUT2D eigenvalue weighted by Crippen LogP contribution is 2.53. The van der Waals surface area contributed by atoms with Crippen LogP contribution in [0.2, 0.25) is 0 Å². The van der Waals surface area contributed by atoms with Crippen LogP contribution in [0.25, 0.3) is 0 Å². The summed E-state index contributed by atoms with van der Waals surface area (Å²) in [6.07, 6.45) is 2.00. The van der Waals surface area contributed by atoms with Gasteiger partial charge in [0.15, 0.2) is 0 Å². The molecule has 3 aromatic rings. The minimum Gasteiger partial charge on any atom is -0.508 e. The molecule has 180 valence electrons. The van der Waals surface area contributed by atoms with Crippen molar-refractivity contribution in [1.29, 1.82) is 0 Å². The van der Waals surface area contributed by atoms with Gasteiger partial charge in [0.2, 0.25) is 5.91 Å². The lowest BCUT2D eigenvalue weighted by atomic mass is 9.58. The third-order valence-electron chi connectivity index (χ3n) is 8.52. The van der Waals surface area contributed by atoms with Crippen LogP contribution in [0.5, 0.6) is 5.75 Å². The molecule has 35 heavy (non-hydrogen) atoms. The third kappa shape index (κ3) is 4.03. The van der Waals surface area contributed by atoms with E-state index in [1.807, 2.05) is 30.3 Å². The predicted molar refractivity (Wildman–Crippen MR) is 137 cm³/mol. The Kier molecular flexibility index (Phi) is 5.83. The molecular formula is C30H33N3O2. The zero-order chi connectivity index (χ0) is 23.8. The highest BCUT2D eigenvalue weighted by Gasteiger charge is 2.67. The second-order valence-corrected chi connectivity index (χ2v) is 10.5. The number of phenols is 1. The second kappa shape index (κ2) is 9.14. The Bertz CT molecular complexity index is 1170. The number of nitrogens with zero attached hydrogens (tertiary/aromatic N) is 1. The van der Waals surface area contributed by atoms with Crippen molar-refractivity contribution in [1.82, 2.24) is 15.5 Å². The fourth-order valence-electron chi connectivity index (χ4n) is 7.01. The van der Waals surface area contributed by atoms with Crippen molar-refractivity contribution in [3.05, 3.63) is 102 Å². The molecule has 1 aliphatic carbocycles. The largest absolute Gasteiger partial charge is 0.508 e. The lowest BCUT2D eigenvalue weighted by Gasteiger charge is -2.56. The van der Waals surface area contributed by atoms with Crippen molar-refractivity contribution in [2.24, 2.45) is 17.8 Å². The Labute approximate surface area is 207 Å². The van der Waals surface area contributed by atoms with Crippen LogP contribution in [-0.2, 0) is 24.3 Å². The number of piperidine rings is 2. The molecule has 0 spiro atoms. The SMILES string of the molecule is O=C(NCc1ccccc1)C12NCC3CC1CN(Cc1ccccc1)C2C3Cc1ccc(O)cc1. The maximum Gasteiger partial charge on any atom is 0.242 e. The van der Waals surface area contributed by atoms with Crippen LogP contribution < -0.4 is 10.6 Å². The maximum absolute atomic E-state index is 14.0. The lowest BCUT2D eigenvalue weighted by molar-refractivity contribution is -0.138. The van der Waals surface area contributed by atoms with Gasteiger partial charge >= 0.3 is 0 Å². The van der Waals surface area contributed by atoms with Gasteiger partial charge in [-0.05, 0) is 60.0 Å². The number of amides is 1. The predicted octanol–water partition coefficient (Wildman–Crippen LogP) is 3.73. The van der Waals surface area contributed by atoms with Gasteiger partial charge in [0, 0.05) is 31.6 Å². The molecule has 4 fully saturated rings. The zero-order valence-electron chi connectivity index (χ0n) is 19.9. The lowest BCUT2D eigenvalue weighted by Crippen LogP contribution is -2.76. The number of carbonyl (C=O) groups is 1. The highest BCUT2D eigenvalue weighted by atomic mass is 16.3. The van der Waals surface area contributed by atoms with Crippen molar-refractivity contribution in [2.45, 2.75) is 37.5 Å². The smallest absolute Gasteiger partial charge is 0.242 e. The summed E-state index contributed by atoms with van der Waals surface area (Å²) in [6.45, 7) is 3.23. The van der Waals surface area contributed by atoms with Crippen molar-refractivity contribution in [3.8, 4) is 5.75 Å². The normalized spacial score (nSPS) is 29.3. The van der Waals surface area contributed by atoms with Crippen LogP contribution in [0, 0.1) is 17.8 Å². The van der Waals surface area contributed by atoms with Gasteiger partial charge in [-0.2, -0.15) is 0 Å². The zero-order valence-corrected chi connectivity index (χ0v) is 19.9. The highest BCUT2D eigenvalue weighted by molar-refractivity contribution is 5.89. The molecule has 7 rings (SSSR count). The van der Waals surface area contributed by atoms with Gasteiger partial charge in [-0.1, -0.05) is 72.8 Å². The summed E-state index contributed by atoms with van der Waals surface area (Å²) in [5, 5.41) is 16.9. The van der Waals surface area contributed by atoms with E-state index in [0.29, 0.717) is 30.0 Å². The molecule has 1 saturated carbocycles. The second-order valence-electron chi connectivity index (χ2n) is 10.5. The number of carbonyl (C=O) groups excluding carboxylic acids is 1. The number of hydrogen-bond donors (Lipinski definition) is 3. The van der Waals surface area contributed by atoms with Gasteiger partial charge in [-0.3, -0.25) is 9.69 Å². The number of hydrogen-bond acceptors (Lipinski definition) is 4. The van der Waals surface area contributed by atoms with Crippen molar-refractivity contribution < 1.29 is 9.90 Å². The molecule has 3 saturated heterocycles. The fraction of sp³-hybridized carbons (Fsp3) is 0.367. The average molecular weight is 468 g/mol. The van der Waals surface area contributed by atoms with E-state index in [1.165, 1.54) is 11.1 Å². The van der Waals surface area contributed by atoms with Crippen LogP contribution in [0.4, 0.5) is 0 Å². The molecule has 1 amide bonds. The first-order chi connectivity index (χ1) is 17.1. The molecule has 5 unspecified atom stereocenters. The van der Waals surface area contributed by atoms with E-state index in [-0.39, 0.29) is 11.9 Å². The Morgan fingerprint density at radius 3 is 2.34 bits per heavy atom. The minimum atomic E-state index is -0.570. The first-order valence-corrected chi connectivity index (χ1v) is 12.8. The summed E-state index contributed by atoms with van der Waals surface area (Å²) in [5.74, 6) is 1.67. The number of aromatic hydroxyl groups is 1. The monoisotopic (exact) mass is 467 g/mol. The van der Waals surface area contributed by atoms with E-state index >= 15 is 0 Å². The molecule has 4 bridgehead atoms. The quantitative estimate of drug-likeness (QED) is 0.496. The van der Waals surface area contributed by atoms with Gasteiger partial charge in [-0.15, -0.1) is 0 Å². The van der Waals surface area contributed by atoms with E-state index in [0.717, 1.165) is 38.0 Å². The van der Waals surface area contributed by atoms with Gasteiger partial charge in [-0.25, -0.2) is 0 Å². The summed E-state index contributed by atoms with van der Waals surface area (Å²) in [6, 6.07) is 28.5. The van der Waals surface area contributed by atoms with Crippen LogP contribution in [-0.4, -0.2) is 40.6 Å². The third-order valence-corrected chi connectivity index (χ3v) is 8.52. The van der Waals surface area contributed by atoms with E-state index in [1.54, 1.807) is 12.1 Å². The summed E-state index contributed by atoms with van der Waals surface area (Å²) in [7, 11) is 0. The number of phenolic OH excluding ortho intramolecular Hbond substituents is 1. The van der Waals surface area contributed by atoms with Crippen molar-refractivity contribution in [2.75, 3.05) is 13.1 Å². The Morgan fingerprint density at radius 1 is 0.943 bits per heavy atom. The first kappa shape index (κ1) is 22.3. The molecule has 3 aliphatic heterocycles. The number of rotatable bonds is 7. The minimum absolute atomic E-state index is 0.129. The maximum atomic E-state index is 14.0. The molecule has 3 N–H and O–H groups in total. The standard InChI is InChI=1S/C30H33N3O2/c34-26-13-11-21(12-14-26)15-27-24-16-25-20-33(19-23-9-5-2-6-10-23)28(27)30(25,32-18-24)29(35)31-17-22-7-3-1-4-8-22/h1-14,24-25,27-28,32,34H,15-20H2,(H,31,35). The molecular weight excluding hydrogens is 434 g/mol. The van der Waals surface area contributed by atoms with Gasteiger partial charge in [0.1, 0.15) is 11.3 Å². The molecule has 0 radical (unpaired) electrons. The number of fused-ring (bicyclic) bond motifs is 1. The summed E-state index contributed by atoms with van der Waals surface area (Å²) >= 11 is 0. The topological polar surface area (TPSA) is 64.6 Å². The molecule has 5 heteroatoms. The molecule has 5 nitrogen and oxygen atoms in total. The molecule has 5 atom stereocenters. The number of nitrogens with one attached hydrogen (secondary N) is 2. The van der Waals surface area contributed by atoms with Crippen LogP contribution in [0.1, 0.15) is 23.1 Å². The van der Waals surface area contributed by atoms with E-state index < -0.39 is 5.54 Å². The Hall–Kier alpha value is -3.15. The van der Waals surface area contributed by atoms with E-state index in [9.17, 15) is 9.90 Å². The summed E-state index contributed by atoms with van der Waals surface area (Å²) in [5.41, 5.74) is 3.07. The molecule has 3 heterocycles. The molecule has 3 aromatic carbocycles. The van der Waals surface area contributed by atoms with Crippen LogP contribution in [0.3, 0.4) is 0 Å². The van der Waals surface area contributed by atoms with E-state index in [4.69, 9.17) is 0 Å². The number of likely N-dealkylation sites (tertiary alicyclic amines) is 1. The first-order valence-electron chi connectivity index (χ1n) is 12.8. The number of benzene rings is 3.